The van der Waals surface area contributed by atoms with Gasteiger partial charge in [-0.15, -0.1) is 0 Å². The average molecular weight is 393 g/mol. The zero-order valence-electron chi connectivity index (χ0n) is 16.4. The number of hydroxylamine groups is 2. The fourth-order valence-corrected chi connectivity index (χ4v) is 3.25. The Bertz CT molecular complexity index is 569. The highest BCUT2D eigenvalue weighted by Crippen LogP contribution is 2.17. The highest BCUT2D eigenvalue weighted by atomic mass is 16.8. The quantitative estimate of drug-likeness (QED) is 0.434. The SMILES string of the molecule is O=C(OC1/C=C/CCCCC1)ON1C(=O)CCC1=O.OC1/C=C/CCCCC1. The lowest BCUT2D eigenvalue weighted by molar-refractivity contribution is -0.178. The Kier molecular flexibility index (Phi) is 9.76. The van der Waals surface area contributed by atoms with Crippen LogP contribution in [0.25, 0.3) is 0 Å². The van der Waals surface area contributed by atoms with Crippen LogP contribution in [-0.2, 0) is 19.2 Å². The molecule has 7 heteroatoms. The number of allylic oxidation sites excluding steroid dienone is 2. The van der Waals surface area contributed by atoms with E-state index in [1.165, 1.54) is 19.3 Å². The lowest BCUT2D eigenvalue weighted by atomic mass is 10.0. The topological polar surface area (TPSA) is 93.1 Å². The van der Waals surface area contributed by atoms with Crippen LogP contribution in [0.1, 0.15) is 77.0 Å². The van der Waals surface area contributed by atoms with Gasteiger partial charge in [0.1, 0.15) is 6.10 Å². The molecule has 156 valence electrons. The smallest absolute Gasteiger partial charge is 0.425 e. The van der Waals surface area contributed by atoms with Crippen LogP contribution < -0.4 is 0 Å². The first-order chi connectivity index (χ1) is 13.6. The van der Waals surface area contributed by atoms with Crippen LogP contribution in [0.2, 0.25) is 0 Å². The van der Waals surface area contributed by atoms with Crippen molar-refractivity contribution < 1.29 is 29.1 Å². The van der Waals surface area contributed by atoms with E-state index >= 15 is 0 Å². The zero-order chi connectivity index (χ0) is 20.2. The van der Waals surface area contributed by atoms with Crippen molar-refractivity contribution in [2.75, 3.05) is 0 Å². The molecule has 3 rings (SSSR count). The number of hydrogen-bond donors (Lipinski definition) is 1. The summed E-state index contributed by atoms with van der Waals surface area (Å²) in [6, 6.07) is 0. The molecule has 1 saturated heterocycles. The van der Waals surface area contributed by atoms with Gasteiger partial charge in [-0.2, -0.15) is 0 Å². The average Bonchev–Trinajstić information content (AvgIpc) is 2.93. The van der Waals surface area contributed by atoms with E-state index < -0.39 is 18.0 Å². The maximum atomic E-state index is 11.5. The Morgan fingerprint density at radius 1 is 0.893 bits per heavy atom. The van der Waals surface area contributed by atoms with Crippen molar-refractivity contribution in [3.8, 4) is 0 Å². The molecule has 0 aromatic carbocycles. The molecule has 2 atom stereocenters. The van der Waals surface area contributed by atoms with Gasteiger partial charge < -0.3 is 9.84 Å². The highest BCUT2D eigenvalue weighted by Gasteiger charge is 2.33. The number of hydrogen-bond acceptors (Lipinski definition) is 6. The van der Waals surface area contributed by atoms with Crippen LogP contribution in [0.3, 0.4) is 0 Å². The molecule has 0 aromatic heterocycles. The molecule has 3 aliphatic rings. The van der Waals surface area contributed by atoms with Gasteiger partial charge in [0.25, 0.3) is 11.8 Å². The van der Waals surface area contributed by atoms with Gasteiger partial charge in [0, 0.05) is 12.8 Å². The van der Waals surface area contributed by atoms with Gasteiger partial charge in [-0.05, 0) is 51.0 Å². The molecule has 1 heterocycles. The molecule has 2 amide bonds. The third kappa shape index (κ3) is 8.25. The lowest BCUT2D eigenvalue weighted by Crippen LogP contribution is -2.33. The van der Waals surface area contributed by atoms with Crippen molar-refractivity contribution in [1.29, 1.82) is 0 Å². The van der Waals surface area contributed by atoms with Crippen LogP contribution >= 0.6 is 0 Å². The number of imide groups is 1. The van der Waals surface area contributed by atoms with Crippen molar-refractivity contribution in [1.82, 2.24) is 5.06 Å². The van der Waals surface area contributed by atoms with Gasteiger partial charge in [0.05, 0.1) is 6.10 Å². The fraction of sp³-hybridized carbons (Fsp3) is 0.667. The van der Waals surface area contributed by atoms with E-state index in [0.717, 1.165) is 44.9 Å². The predicted molar refractivity (Wildman–Crippen MR) is 103 cm³/mol. The summed E-state index contributed by atoms with van der Waals surface area (Å²) in [6.45, 7) is 0. The van der Waals surface area contributed by atoms with Gasteiger partial charge in [-0.3, -0.25) is 14.4 Å². The number of aliphatic hydroxyl groups excluding tert-OH is 1. The Labute approximate surface area is 166 Å². The van der Waals surface area contributed by atoms with Gasteiger partial charge in [0.15, 0.2) is 0 Å². The second kappa shape index (κ2) is 12.3. The molecule has 1 aliphatic heterocycles. The number of aliphatic hydroxyl groups is 1. The molecule has 1 fully saturated rings. The monoisotopic (exact) mass is 393 g/mol. The summed E-state index contributed by atoms with van der Waals surface area (Å²) >= 11 is 0. The molecule has 0 radical (unpaired) electrons. The number of carbonyl (C=O) groups excluding carboxylic acids is 3. The molecular formula is C21H31NO6. The Morgan fingerprint density at radius 2 is 1.50 bits per heavy atom. The van der Waals surface area contributed by atoms with Crippen molar-refractivity contribution in [2.45, 2.75) is 89.3 Å². The molecule has 0 bridgehead atoms. The minimum atomic E-state index is -1.00. The minimum absolute atomic E-state index is 0.0788. The molecule has 0 spiro atoms. The predicted octanol–water partition coefficient (Wildman–Crippen LogP) is 3.96. The fourth-order valence-electron chi connectivity index (χ4n) is 3.25. The largest absolute Gasteiger partial charge is 0.534 e. The first-order valence-electron chi connectivity index (χ1n) is 10.3. The summed E-state index contributed by atoms with van der Waals surface area (Å²) in [5.41, 5.74) is 0. The highest BCUT2D eigenvalue weighted by molar-refractivity contribution is 6.01. The number of amides is 2. The second-order valence-electron chi connectivity index (χ2n) is 7.28. The molecule has 7 nitrogen and oxygen atoms in total. The van der Waals surface area contributed by atoms with Crippen LogP contribution in [0.15, 0.2) is 24.3 Å². The molecule has 2 aliphatic carbocycles. The third-order valence-corrected chi connectivity index (χ3v) is 4.86. The third-order valence-electron chi connectivity index (χ3n) is 4.86. The van der Waals surface area contributed by atoms with E-state index in [9.17, 15) is 14.4 Å². The van der Waals surface area contributed by atoms with E-state index in [0.29, 0.717) is 5.06 Å². The summed E-state index contributed by atoms with van der Waals surface area (Å²) in [4.78, 5) is 38.7. The Balaban J connectivity index is 0.000000261. The Morgan fingerprint density at radius 3 is 2.18 bits per heavy atom. The van der Waals surface area contributed by atoms with E-state index in [1.807, 2.05) is 18.2 Å². The first-order valence-corrected chi connectivity index (χ1v) is 10.3. The van der Waals surface area contributed by atoms with Gasteiger partial charge in [-0.1, -0.05) is 42.6 Å². The van der Waals surface area contributed by atoms with Gasteiger partial charge in [-0.25, -0.2) is 4.79 Å². The standard InChI is InChI=1S/C13H17NO5.C8H14O/c15-11-8-9-12(16)14(11)19-13(17)18-10-6-4-2-1-3-5-7-10;9-8-6-4-2-1-3-5-7-8/h4,6,10H,1-3,5,7-9H2;4,6,8-9H,1-3,5,7H2/b2*6-4+. The number of nitrogens with zero attached hydrogens (tertiary/aromatic N) is 1. The molecule has 0 aromatic rings. The molecule has 0 saturated carbocycles. The summed E-state index contributed by atoms with van der Waals surface area (Å²) in [5.74, 6) is -1.01. The van der Waals surface area contributed by atoms with Gasteiger partial charge >= 0.3 is 6.16 Å². The number of rotatable bonds is 2. The summed E-state index contributed by atoms with van der Waals surface area (Å²) < 4.78 is 5.09. The van der Waals surface area contributed by atoms with Crippen LogP contribution in [0, 0.1) is 0 Å². The van der Waals surface area contributed by atoms with Crippen molar-refractivity contribution in [2.24, 2.45) is 0 Å². The molecule has 1 N–H and O–H groups in total. The van der Waals surface area contributed by atoms with E-state index in [4.69, 9.17) is 9.84 Å². The summed E-state index contributed by atoms with van der Waals surface area (Å²) in [6.07, 6.45) is 17.2. The minimum Gasteiger partial charge on any atom is -0.425 e. The first kappa shape index (κ1) is 22.1. The number of carbonyl (C=O) groups is 3. The van der Waals surface area contributed by atoms with E-state index in [1.54, 1.807) is 0 Å². The van der Waals surface area contributed by atoms with Crippen molar-refractivity contribution in [3.63, 3.8) is 0 Å². The van der Waals surface area contributed by atoms with E-state index in [-0.39, 0.29) is 25.0 Å². The maximum Gasteiger partial charge on any atom is 0.534 e. The van der Waals surface area contributed by atoms with E-state index in [2.05, 4.69) is 10.9 Å². The van der Waals surface area contributed by atoms with Crippen molar-refractivity contribution in [3.05, 3.63) is 24.3 Å². The van der Waals surface area contributed by atoms with Crippen LogP contribution in [-0.4, -0.2) is 40.3 Å². The van der Waals surface area contributed by atoms with Crippen molar-refractivity contribution >= 4 is 18.0 Å². The second-order valence-corrected chi connectivity index (χ2v) is 7.28. The molecule has 2 unspecified atom stereocenters. The van der Waals surface area contributed by atoms with Gasteiger partial charge in [0.2, 0.25) is 0 Å². The van der Waals surface area contributed by atoms with Crippen LogP contribution in [0.4, 0.5) is 4.79 Å². The Hall–Kier alpha value is -2.15. The molecular weight excluding hydrogens is 362 g/mol. The lowest BCUT2D eigenvalue weighted by Gasteiger charge is -2.17. The summed E-state index contributed by atoms with van der Waals surface area (Å²) in [5, 5.41) is 9.62. The maximum absolute atomic E-state index is 11.5. The zero-order valence-corrected chi connectivity index (χ0v) is 16.4. The normalized spacial score (nSPS) is 28.0. The summed E-state index contributed by atoms with van der Waals surface area (Å²) in [7, 11) is 0. The molecule has 28 heavy (non-hydrogen) atoms. The number of ether oxygens (including phenoxy) is 1. The van der Waals surface area contributed by atoms with Crippen LogP contribution in [0.5, 0.6) is 0 Å².